The van der Waals surface area contributed by atoms with Crippen molar-refractivity contribution in [1.29, 1.82) is 0 Å². The number of hydrogen-bond donors (Lipinski definition) is 1. The monoisotopic (exact) mass is 368 g/mol. The summed E-state index contributed by atoms with van der Waals surface area (Å²) in [6.45, 7) is 1.56. The Labute approximate surface area is 157 Å². The number of para-hydroxylation sites is 2. The van der Waals surface area contributed by atoms with E-state index in [4.69, 9.17) is 14.1 Å². The van der Waals surface area contributed by atoms with Crippen LogP contribution in [0.4, 0.5) is 5.95 Å². The third-order valence-electron chi connectivity index (χ3n) is 5.08. The summed E-state index contributed by atoms with van der Waals surface area (Å²) in [4.78, 5) is 18.8. The molecule has 1 fully saturated rings. The lowest BCUT2D eigenvalue weighted by molar-refractivity contribution is 0.0563. The third kappa shape index (κ3) is 3.55. The number of imidazole rings is 1. The predicted octanol–water partition coefficient (Wildman–Crippen LogP) is 3.32. The Hall–Kier alpha value is -2.80. The van der Waals surface area contributed by atoms with E-state index in [1.165, 1.54) is 20.0 Å². The van der Waals surface area contributed by atoms with E-state index < -0.39 is 5.97 Å². The molecule has 1 unspecified atom stereocenters. The van der Waals surface area contributed by atoms with Crippen molar-refractivity contribution in [3.63, 3.8) is 0 Å². The second kappa shape index (κ2) is 7.44. The molecule has 4 rings (SSSR count). The highest BCUT2D eigenvalue weighted by Crippen LogP contribution is 2.25. The van der Waals surface area contributed by atoms with Crippen molar-refractivity contribution in [1.82, 2.24) is 14.5 Å². The van der Waals surface area contributed by atoms with E-state index in [0.717, 1.165) is 29.9 Å². The minimum absolute atomic E-state index is 0.207. The van der Waals surface area contributed by atoms with Gasteiger partial charge in [0, 0.05) is 0 Å². The first kappa shape index (κ1) is 17.6. The van der Waals surface area contributed by atoms with E-state index in [1.807, 2.05) is 24.3 Å². The first-order valence-electron chi connectivity index (χ1n) is 9.25. The molecule has 0 radical (unpaired) electrons. The second-order valence-corrected chi connectivity index (χ2v) is 6.90. The Morgan fingerprint density at radius 2 is 2.15 bits per heavy atom. The molecule has 142 valence electrons. The molecule has 3 heterocycles. The van der Waals surface area contributed by atoms with Crippen molar-refractivity contribution in [3.8, 4) is 0 Å². The Morgan fingerprint density at radius 1 is 1.30 bits per heavy atom. The van der Waals surface area contributed by atoms with Gasteiger partial charge >= 0.3 is 5.97 Å². The van der Waals surface area contributed by atoms with E-state index >= 15 is 0 Å². The van der Waals surface area contributed by atoms with Crippen LogP contribution in [-0.4, -0.2) is 47.3 Å². The van der Waals surface area contributed by atoms with E-state index in [-0.39, 0.29) is 11.9 Å². The van der Waals surface area contributed by atoms with Crippen LogP contribution in [0.1, 0.15) is 35.6 Å². The lowest BCUT2D eigenvalue weighted by atomic mass is 10.1. The maximum atomic E-state index is 11.7. The molecule has 0 spiro atoms. The number of anilines is 1. The maximum Gasteiger partial charge on any atom is 0.373 e. The van der Waals surface area contributed by atoms with E-state index in [2.05, 4.69) is 21.8 Å². The molecule has 0 saturated carbocycles. The molecular weight excluding hydrogens is 344 g/mol. The van der Waals surface area contributed by atoms with Crippen molar-refractivity contribution in [2.45, 2.75) is 32.0 Å². The normalized spacial score (nSPS) is 17.9. The van der Waals surface area contributed by atoms with Gasteiger partial charge in [-0.05, 0) is 57.1 Å². The zero-order chi connectivity index (χ0) is 18.8. The molecule has 1 atom stereocenters. The number of ether oxygens (including phenoxy) is 1. The van der Waals surface area contributed by atoms with Crippen molar-refractivity contribution in [2.24, 2.45) is 0 Å². The molecule has 1 aliphatic rings. The van der Waals surface area contributed by atoms with Gasteiger partial charge < -0.3 is 19.0 Å². The number of likely N-dealkylation sites (tertiary alicyclic amines) is 1. The summed E-state index contributed by atoms with van der Waals surface area (Å²) in [5, 5.41) is 3.59. The van der Waals surface area contributed by atoms with Crippen LogP contribution in [-0.2, 0) is 11.3 Å². The number of methoxy groups -OCH3 is 1. The van der Waals surface area contributed by atoms with Gasteiger partial charge in [0.1, 0.15) is 5.76 Å². The highest BCUT2D eigenvalue weighted by Gasteiger charge is 2.22. The molecule has 0 amide bonds. The summed E-state index contributed by atoms with van der Waals surface area (Å²) in [6.07, 6.45) is 3.79. The van der Waals surface area contributed by atoms with Crippen LogP contribution in [0.5, 0.6) is 0 Å². The number of aromatic nitrogens is 2. The van der Waals surface area contributed by atoms with Crippen LogP contribution in [0, 0.1) is 0 Å². The summed E-state index contributed by atoms with van der Waals surface area (Å²) >= 11 is 0. The molecule has 1 aliphatic heterocycles. The number of furan rings is 1. The van der Waals surface area contributed by atoms with E-state index in [1.54, 1.807) is 12.1 Å². The maximum absolute atomic E-state index is 11.7. The summed E-state index contributed by atoms with van der Waals surface area (Å²) in [5.41, 5.74) is 1.95. The van der Waals surface area contributed by atoms with Gasteiger partial charge in [-0.25, -0.2) is 9.78 Å². The van der Waals surface area contributed by atoms with Crippen molar-refractivity contribution < 1.29 is 13.9 Å². The SMILES string of the molecule is COC(=O)c1ccc(Cn2c(NC3CCCCN3C)nc3ccccc32)o1. The van der Waals surface area contributed by atoms with Gasteiger partial charge in [-0.15, -0.1) is 0 Å². The van der Waals surface area contributed by atoms with E-state index in [0.29, 0.717) is 12.3 Å². The van der Waals surface area contributed by atoms with E-state index in [9.17, 15) is 4.79 Å². The minimum atomic E-state index is -0.473. The number of rotatable bonds is 5. The molecule has 27 heavy (non-hydrogen) atoms. The van der Waals surface area contributed by atoms with Gasteiger partial charge in [0.05, 0.1) is 30.9 Å². The molecule has 0 aliphatic carbocycles. The van der Waals surface area contributed by atoms with Crippen LogP contribution >= 0.6 is 0 Å². The molecule has 1 aromatic carbocycles. The summed E-state index contributed by atoms with van der Waals surface area (Å²) in [7, 11) is 3.48. The average molecular weight is 368 g/mol. The highest BCUT2D eigenvalue weighted by atomic mass is 16.5. The molecule has 7 heteroatoms. The number of nitrogens with zero attached hydrogens (tertiary/aromatic N) is 3. The van der Waals surface area contributed by atoms with Gasteiger partial charge in [0.25, 0.3) is 0 Å². The van der Waals surface area contributed by atoms with Gasteiger partial charge in [-0.2, -0.15) is 0 Å². The molecule has 3 aromatic rings. The van der Waals surface area contributed by atoms with Crippen LogP contribution in [0.15, 0.2) is 40.8 Å². The summed E-state index contributed by atoms with van der Waals surface area (Å²) in [5.74, 6) is 1.22. The number of carbonyl (C=O) groups is 1. The van der Waals surface area contributed by atoms with Crippen LogP contribution < -0.4 is 5.32 Å². The Bertz CT molecular complexity index is 946. The number of piperidine rings is 1. The summed E-state index contributed by atoms with van der Waals surface area (Å²) in [6, 6.07) is 11.5. The Morgan fingerprint density at radius 3 is 2.96 bits per heavy atom. The zero-order valence-electron chi connectivity index (χ0n) is 15.6. The van der Waals surface area contributed by atoms with Crippen molar-refractivity contribution in [2.75, 3.05) is 26.0 Å². The number of carbonyl (C=O) groups excluding carboxylic acids is 1. The van der Waals surface area contributed by atoms with Crippen LogP contribution in [0.25, 0.3) is 11.0 Å². The first-order valence-corrected chi connectivity index (χ1v) is 9.25. The topological polar surface area (TPSA) is 72.5 Å². The molecular formula is C20H24N4O3. The Kier molecular flexibility index (Phi) is 4.85. The van der Waals surface area contributed by atoms with Gasteiger partial charge in [0.2, 0.25) is 11.7 Å². The molecule has 1 N–H and O–H groups in total. The highest BCUT2D eigenvalue weighted by molar-refractivity contribution is 5.86. The quantitative estimate of drug-likeness (QED) is 0.697. The van der Waals surface area contributed by atoms with Gasteiger partial charge in [-0.1, -0.05) is 12.1 Å². The first-order chi connectivity index (χ1) is 13.2. The second-order valence-electron chi connectivity index (χ2n) is 6.90. The predicted molar refractivity (Wildman–Crippen MR) is 103 cm³/mol. The smallest absolute Gasteiger partial charge is 0.373 e. The van der Waals surface area contributed by atoms with Crippen molar-refractivity contribution >= 4 is 23.0 Å². The lowest BCUT2D eigenvalue weighted by Gasteiger charge is -2.33. The fourth-order valence-electron chi connectivity index (χ4n) is 3.58. The number of fused-ring (bicyclic) bond motifs is 1. The number of esters is 1. The van der Waals surface area contributed by atoms with Crippen molar-refractivity contribution in [3.05, 3.63) is 47.9 Å². The standard InChI is InChI=1S/C20H24N4O3/c1-23-12-6-5-9-18(23)22-20-21-15-7-3-4-8-16(15)24(20)13-14-10-11-17(27-14)19(25)26-2/h3-4,7-8,10-11,18H,5-6,9,12-13H2,1-2H3,(H,21,22). The lowest BCUT2D eigenvalue weighted by Crippen LogP contribution is -2.42. The summed E-state index contributed by atoms with van der Waals surface area (Å²) < 4.78 is 12.5. The number of hydrogen-bond acceptors (Lipinski definition) is 6. The molecule has 1 saturated heterocycles. The fraction of sp³-hybridized carbons (Fsp3) is 0.400. The third-order valence-corrected chi connectivity index (χ3v) is 5.08. The number of benzene rings is 1. The van der Waals surface area contributed by atoms with Gasteiger partial charge in [-0.3, -0.25) is 4.90 Å². The number of nitrogens with one attached hydrogen (secondary N) is 1. The van der Waals surface area contributed by atoms with Crippen LogP contribution in [0.2, 0.25) is 0 Å². The minimum Gasteiger partial charge on any atom is -0.463 e. The molecule has 0 bridgehead atoms. The van der Waals surface area contributed by atoms with Gasteiger partial charge in [0.15, 0.2) is 0 Å². The fourth-order valence-corrected chi connectivity index (χ4v) is 3.58. The van der Waals surface area contributed by atoms with Crippen LogP contribution in [0.3, 0.4) is 0 Å². The Balaban J connectivity index is 1.65. The zero-order valence-corrected chi connectivity index (χ0v) is 15.6. The average Bonchev–Trinajstić information content (AvgIpc) is 3.29. The molecule has 7 nitrogen and oxygen atoms in total. The largest absolute Gasteiger partial charge is 0.463 e. The molecule has 2 aromatic heterocycles.